The Balaban J connectivity index is 1.69. The number of para-hydroxylation sites is 1. The third-order valence-electron chi connectivity index (χ3n) is 5.69. The van der Waals surface area contributed by atoms with E-state index in [0.717, 1.165) is 42.4 Å². The lowest BCUT2D eigenvalue weighted by atomic mass is 9.90. The number of fused-ring (bicyclic) bond motifs is 1. The molecule has 1 aliphatic rings. The number of hydrogen-bond acceptors (Lipinski definition) is 5. The monoisotopic (exact) mass is 439 g/mol. The smallest absolute Gasteiger partial charge is 0.267 e. The number of hydrogen-bond donors (Lipinski definition) is 2. The molecule has 0 radical (unpaired) electrons. The second-order valence-corrected chi connectivity index (χ2v) is 9.42. The fourth-order valence-corrected chi connectivity index (χ4v) is 5.31. The molecule has 162 valence electrons. The number of benzene rings is 2. The van der Waals surface area contributed by atoms with E-state index in [1.807, 2.05) is 24.3 Å². The molecule has 2 aromatic carbocycles. The van der Waals surface area contributed by atoms with Crippen LogP contribution in [0.25, 0.3) is 11.3 Å². The molecule has 0 unspecified atom stereocenters. The van der Waals surface area contributed by atoms with Crippen molar-refractivity contribution in [2.24, 2.45) is 0 Å². The fraction of sp³-hybridized carbons (Fsp3) is 0.304. The largest absolute Gasteiger partial charge is 0.496 e. The normalized spacial score (nSPS) is 13.6. The SMILES string of the molecule is COc1ccccc1CNS(=O)(=O)c1cc(-c2n[nH]c(=O)c3c2CCCC3)ccc1C. The maximum atomic E-state index is 13.1. The highest BCUT2D eigenvalue weighted by Gasteiger charge is 2.22. The molecule has 0 spiro atoms. The zero-order chi connectivity index (χ0) is 22.0. The second kappa shape index (κ2) is 8.64. The highest BCUT2D eigenvalue weighted by Crippen LogP contribution is 2.30. The Kier molecular flexibility index (Phi) is 5.93. The standard InChI is InChI=1S/C23H25N3O4S/c1-15-11-12-16(22-18-8-4-5-9-19(18)23(27)26-25-22)13-21(15)31(28,29)24-14-17-7-3-6-10-20(17)30-2/h3,6-7,10-13,24H,4-5,8-9,14H2,1-2H3,(H,26,27). The van der Waals surface area contributed by atoms with Crippen molar-refractivity contribution >= 4 is 10.0 Å². The lowest BCUT2D eigenvalue weighted by Gasteiger charge is -2.18. The van der Waals surface area contributed by atoms with Gasteiger partial charge in [0.1, 0.15) is 5.75 Å². The summed E-state index contributed by atoms with van der Waals surface area (Å²) in [6, 6.07) is 12.5. The molecule has 1 aromatic heterocycles. The number of nitrogens with zero attached hydrogens (tertiary/aromatic N) is 1. The zero-order valence-electron chi connectivity index (χ0n) is 17.6. The molecule has 31 heavy (non-hydrogen) atoms. The van der Waals surface area contributed by atoms with Crippen LogP contribution in [0.5, 0.6) is 5.75 Å². The lowest BCUT2D eigenvalue weighted by Crippen LogP contribution is -2.24. The minimum Gasteiger partial charge on any atom is -0.496 e. The first kappa shape index (κ1) is 21.3. The van der Waals surface area contributed by atoms with Gasteiger partial charge in [-0.1, -0.05) is 30.3 Å². The molecule has 0 saturated heterocycles. The van der Waals surface area contributed by atoms with Gasteiger partial charge >= 0.3 is 0 Å². The number of rotatable bonds is 6. The van der Waals surface area contributed by atoms with E-state index in [4.69, 9.17) is 4.74 Å². The van der Waals surface area contributed by atoms with Crippen molar-refractivity contribution in [2.75, 3.05) is 7.11 Å². The predicted molar refractivity (Wildman–Crippen MR) is 119 cm³/mol. The lowest BCUT2D eigenvalue weighted by molar-refractivity contribution is 0.409. The predicted octanol–water partition coefficient (Wildman–Crippen LogP) is 3.11. The number of aryl methyl sites for hydroxylation is 1. The quantitative estimate of drug-likeness (QED) is 0.615. The van der Waals surface area contributed by atoms with Gasteiger partial charge in [0.2, 0.25) is 10.0 Å². The van der Waals surface area contributed by atoms with Gasteiger partial charge in [0, 0.05) is 23.2 Å². The number of aromatic nitrogens is 2. The van der Waals surface area contributed by atoms with E-state index >= 15 is 0 Å². The third-order valence-corrected chi connectivity index (χ3v) is 7.24. The second-order valence-electron chi connectivity index (χ2n) is 7.68. The molecule has 1 aliphatic carbocycles. The van der Waals surface area contributed by atoms with Gasteiger partial charge in [0.05, 0.1) is 17.7 Å². The van der Waals surface area contributed by atoms with E-state index < -0.39 is 10.0 Å². The van der Waals surface area contributed by atoms with Gasteiger partial charge in [-0.15, -0.1) is 0 Å². The van der Waals surface area contributed by atoms with Crippen LogP contribution in [0.4, 0.5) is 0 Å². The Morgan fingerprint density at radius 2 is 1.84 bits per heavy atom. The van der Waals surface area contributed by atoms with E-state index in [1.54, 1.807) is 32.2 Å². The van der Waals surface area contributed by atoms with Crippen molar-refractivity contribution in [3.8, 4) is 17.0 Å². The zero-order valence-corrected chi connectivity index (χ0v) is 18.4. The Labute approximate surface area is 181 Å². The minimum atomic E-state index is -3.78. The molecule has 0 saturated carbocycles. The first-order chi connectivity index (χ1) is 14.9. The van der Waals surface area contributed by atoms with E-state index in [9.17, 15) is 13.2 Å². The summed E-state index contributed by atoms with van der Waals surface area (Å²) < 4.78 is 34.2. The summed E-state index contributed by atoms with van der Waals surface area (Å²) in [5.41, 5.74) is 4.23. The molecule has 0 bridgehead atoms. The van der Waals surface area contributed by atoms with E-state index in [-0.39, 0.29) is 17.0 Å². The Morgan fingerprint density at radius 3 is 2.61 bits per heavy atom. The summed E-state index contributed by atoms with van der Waals surface area (Å²) in [5.74, 6) is 0.625. The number of sulfonamides is 1. The van der Waals surface area contributed by atoms with Crippen LogP contribution >= 0.6 is 0 Å². The van der Waals surface area contributed by atoms with E-state index in [2.05, 4.69) is 14.9 Å². The number of nitrogens with one attached hydrogen (secondary N) is 2. The van der Waals surface area contributed by atoms with Crippen LogP contribution in [0.1, 0.15) is 35.1 Å². The van der Waals surface area contributed by atoms with Gasteiger partial charge in [-0.05, 0) is 55.9 Å². The van der Waals surface area contributed by atoms with Crippen LogP contribution in [0.15, 0.2) is 52.2 Å². The van der Waals surface area contributed by atoms with E-state index in [0.29, 0.717) is 22.6 Å². The third kappa shape index (κ3) is 4.26. The van der Waals surface area contributed by atoms with Gasteiger partial charge in [0.15, 0.2) is 0 Å². The van der Waals surface area contributed by atoms with Crippen molar-refractivity contribution in [3.05, 3.63) is 75.1 Å². The van der Waals surface area contributed by atoms with Crippen molar-refractivity contribution in [1.82, 2.24) is 14.9 Å². The van der Waals surface area contributed by atoms with Crippen LogP contribution in [-0.4, -0.2) is 25.7 Å². The fourth-order valence-electron chi connectivity index (χ4n) is 4.03. The number of H-pyrrole nitrogens is 1. The average Bonchev–Trinajstić information content (AvgIpc) is 2.79. The van der Waals surface area contributed by atoms with E-state index in [1.165, 1.54) is 0 Å². The molecule has 0 aliphatic heterocycles. The molecule has 4 rings (SSSR count). The van der Waals surface area contributed by atoms with Gasteiger partial charge < -0.3 is 4.74 Å². The molecule has 8 heteroatoms. The topological polar surface area (TPSA) is 101 Å². The summed E-state index contributed by atoms with van der Waals surface area (Å²) in [4.78, 5) is 12.4. The summed E-state index contributed by atoms with van der Waals surface area (Å²) in [6.45, 7) is 1.87. The highest BCUT2D eigenvalue weighted by molar-refractivity contribution is 7.89. The summed E-state index contributed by atoms with van der Waals surface area (Å²) in [7, 11) is -2.22. The van der Waals surface area contributed by atoms with Crippen LogP contribution < -0.4 is 15.0 Å². The van der Waals surface area contributed by atoms with Gasteiger partial charge in [-0.3, -0.25) is 4.79 Å². The molecule has 0 fully saturated rings. The molecular formula is C23H25N3O4S. The molecule has 7 nitrogen and oxygen atoms in total. The Bertz CT molecular complexity index is 1280. The van der Waals surface area contributed by atoms with Gasteiger partial charge in [-0.25, -0.2) is 18.2 Å². The highest BCUT2D eigenvalue weighted by atomic mass is 32.2. The summed E-state index contributed by atoms with van der Waals surface area (Å²) >= 11 is 0. The average molecular weight is 440 g/mol. The van der Waals surface area contributed by atoms with Crippen LogP contribution in [0, 0.1) is 6.92 Å². The maximum Gasteiger partial charge on any atom is 0.267 e. The van der Waals surface area contributed by atoms with Gasteiger partial charge in [-0.2, -0.15) is 5.10 Å². The number of aromatic amines is 1. The molecule has 3 aromatic rings. The molecule has 0 amide bonds. The van der Waals surface area contributed by atoms with Gasteiger partial charge in [0.25, 0.3) is 5.56 Å². The molecule has 1 heterocycles. The first-order valence-corrected chi connectivity index (χ1v) is 11.7. The van der Waals surface area contributed by atoms with Crippen molar-refractivity contribution in [2.45, 2.75) is 44.0 Å². The van der Waals surface area contributed by atoms with Crippen LogP contribution in [-0.2, 0) is 29.4 Å². The number of ether oxygens (including phenoxy) is 1. The Morgan fingerprint density at radius 1 is 1.10 bits per heavy atom. The Hall–Kier alpha value is -2.97. The molecular weight excluding hydrogens is 414 g/mol. The number of methoxy groups -OCH3 is 1. The van der Waals surface area contributed by atoms with Crippen molar-refractivity contribution < 1.29 is 13.2 Å². The minimum absolute atomic E-state index is 0.113. The van der Waals surface area contributed by atoms with Crippen molar-refractivity contribution in [1.29, 1.82) is 0 Å². The summed E-state index contributed by atoms with van der Waals surface area (Å²) in [5, 5.41) is 6.84. The molecule has 0 atom stereocenters. The van der Waals surface area contributed by atoms with Crippen LogP contribution in [0.3, 0.4) is 0 Å². The maximum absolute atomic E-state index is 13.1. The van der Waals surface area contributed by atoms with Crippen molar-refractivity contribution in [3.63, 3.8) is 0 Å². The molecule has 2 N–H and O–H groups in total. The summed E-state index contributed by atoms with van der Waals surface area (Å²) in [6.07, 6.45) is 3.45. The van der Waals surface area contributed by atoms with Crippen LogP contribution in [0.2, 0.25) is 0 Å². The first-order valence-electron chi connectivity index (χ1n) is 10.2.